The molecule has 4 heteroatoms. The van der Waals surface area contributed by atoms with Gasteiger partial charge in [0, 0.05) is 17.8 Å². The summed E-state index contributed by atoms with van der Waals surface area (Å²) >= 11 is 0. The SMILES string of the molecule is CCCC(C)c1nnc2ccc(N)cn12. The topological polar surface area (TPSA) is 56.2 Å². The lowest BCUT2D eigenvalue weighted by Crippen LogP contribution is -2.01. The summed E-state index contributed by atoms with van der Waals surface area (Å²) in [6.45, 7) is 4.34. The highest BCUT2D eigenvalue weighted by atomic mass is 15.2. The average molecular weight is 204 g/mol. The summed E-state index contributed by atoms with van der Waals surface area (Å²) in [5.74, 6) is 1.42. The number of nitrogen functional groups attached to an aromatic ring is 1. The number of nitrogens with zero attached hydrogens (tertiary/aromatic N) is 3. The van der Waals surface area contributed by atoms with Gasteiger partial charge in [-0.3, -0.25) is 4.40 Å². The fourth-order valence-corrected chi connectivity index (χ4v) is 1.82. The third-order valence-electron chi connectivity index (χ3n) is 2.61. The van der Waals surface area contributed by atoms with E-state index in [0.29, 0.717) is 5.92 Å². The number of fused-ring (bicyclic) bond motifs is 1. The van der Waals surface area contributed by atoms with Crippen LogP contribution >= 0.6 is 0 Å². The zero-order valence-electron chi connectivity index (χ0n) is 9.14. The van der Waals surface area contributed by atoms with Crippen LogP contribution < -0.4 is 5.73 Å². The Morgan fingerprint density at radius 1 is 1.40 bits per heavy atom. The van der Waals surface area contributed by atoms with Crippen LogP contribution in [0.15, 0.2) is 18.3 Å². The molecular weight excluding hydrogens is 188 g/mol. The van der Waals surface area contributed by atoms with Crippen LogP contribution in [0.3, 0.4) is 0 Å². The summed E-state index contributed by atoms with van der Waals surface area (Å²) in [6.07, 6.45) is 4.16. The Morgan fingerprint density at radius 3 is 2.93 bits per heavy atom. The number of rotatable bonds is 3. The van der Waals surface area contributed by atoms with Gasteiger partial charge >= 0.3 is 0 Å². The summed E-state index contributed by atoms with van der Waals surface area (Å²) in [4.78, 5) is 0. The van der Waals surface area contributed by atoms with Crippen LogP contribution in [0.25, 0.3) is 5.65 Å². The number of aromatic nitrogens is 3. The molecule has 15 heavy (non-hydrogen) atoms. The lowest BCUT2D eigenvalue weighted by molar-refractivity contribution is 0.620. The molecule has 0 aliphatic heterocycles. The van der Waals surface area contributed by atoms with Crippen molar-refractivity contribution in [1.82, 2.24) is 14.6 Å². The Labute approximate surface area is 89.1 Å². The molecule has 0 radical (unpaired) electrons. The highest BCUT2D eigenvalue weighted by molar-refractivity contribution is 5.47. The maximum atomic E-state index is 5.75. The van der Waals surface area contributed by atoms with Crippen molar-refractivity contribution in [2.75, 3.05) is 5.73 Å². The molecule has 0 aliphatic carbocycles. The summed E-state index contributed by atoms with van der Waals surface area (Å²) in [6, 6.07) is 3.74. The zero-order chi connectivity index (χ0) is 10.8. The number of hydrogen-bond acceptors (Lipinski definition) is 3. The molecule has 2 heterocycles. The molecule has 0 spiro atoms. The first kappa shape index (κ1) is 9.96. The van der Waals surface area contributed by atoms with Crippen LogP contribution in [-0.2, 0) is 0 Å². The summed E-state index contributed by atoms with van der Waals surface area (Å²) < 4.78 is 1.98. The molecule has 80 valence electrons. The van der Waals surface area contributed by atoms with E-state index in [0.717, 1.165) is 30.0 Å². The van der Waals surface area contributed by atoms with Gasteiger partial charge in [0.05, 0.1) is 0 Å². The van der Waals surface area contributed by atoms with Gasteiger partial charge in [0.15, 0.2) is 5.65 Å². The van der Waals surface area contributed by atoms with E-state index in [9.17, 15) is 0 Å². The van der Waals surface area contributed by atoms with E-state index in [2.05, 4.69) is 24.0 Å². The van der Waals surface area contributed by atoms with Crippen LogP contribution in [0.1, 0.15) is 38.4 Å². The smallest absolute Gasteiger partial charge is 0.160 e. The molecule has 2 N–H and O–H groups in total. The van der Waals surface area contributed by atoms with Gasteiger partial charge in [-0.15, -0.1) is 10.2 Å². The standard InChI is InChI=1S/C11H16N4/c1-3-4-8(2)11-14-13-10-6-5-9(12)7-15(10)11/h5-8H,3-4,12H2,1-2H3. The predicted molar refractivity (Wildman–Crippen MR) is 60.7 cm³/mol. The Morgan fingerprint density at radius 2 is 2.20 bits per heavy atom. The molecule has 0 aromatic carbocycles. The van der Waals surface area contributed by atoms with E-state index in [1.165, 1.54) is 0 Å². The highest BCUT2D eigenvalue weighted by Gasteiger charge is 2.12. The Kier molecular flexibility index (Phi) is 2.58. The second-order valence-electron chi connectivity index (χ2n) is 3.94. The van der Waals surface area contributed by atoms with Gasteiger partial charge in [0.1, 0.15) is 5.82 Å². The summed E-state index contributed by atoms with van der Waals surface area (Å²) in [7, 11) is 0. The third kappa shape index (κ3) is 1.79. The maximum Gasteiger partial charge on any atom is 0.160 e. The molecule has 1 unspecified atom stereocenters. The highest BCUT2D eigenvalue weighted by Crippen LogP contribution is 2.20. The van der Waals surface area contributed by atoms with Crippen LogP contribution in [0.5, 0.6) is 0 Å². The van der Waals surface area contributed by atoms with Gasteiger partial charge in [0.2, 0.25) is 0 Å². The van der Waals surface area contributed by atoms with Crippen LogP contribution in [0.2, 0.25) is 0 Å². The lowest BCUT2D eigenvalue weighted by Gasteiger charge is -2.07. The van der Waals surface area contributed by atoms with Crippen molar-refractivity contribution in [3.05, 3.63) is 24.2 Å². The van der Waals surface area contributed by atoms with Gasteiger partial charge in [-0.05, 0) is 18.6 Å². The van der Waals surface area contributed by atoms with Gasteiger partial charge in [-0.2, -0.15) is 0 Å². The molecule has 4 nitrogen and oxygen atoms in total. The van der Waals surface area contributed by atoms with E-state index in [-0.39, 0.29) is 0 Å². The van der Waals surface area contributed by atoms with E-state index < -0.39 is 0 Å². The minimum absolute atomic E-state index is 0.423. The number of nitrogens with two attached hydrogens (primary N) is 1. The van der Waals surface area contributed by atoms with Crippen molar-refractivity contribution < 1.29 is 0 Å². The Hall–Kier alpha value is -1.58. The van der Waals surface area contributed by atoms with Crippen LogP contribution in [0, 0.1) is 0 Å². The lowest BCUT2D eigenvalue weighted by atomic mass is 10.1. The minimum Gasteiger partial charge on any atom is -0.398 e. The molecule has 0 saturated heterocycles. The number of hydrogen-bond donors (Lipinski definition) is 1. The van der Waals surface area contributed by atoms with Crippen LogP contribution in [-0.4, -0.2) is 14.6 Å². The quantitative estimate of drug-likeness (QED) is 0.834. The predicted octanol–water partition coefficient (Wildman–Crippen LogP) is 2.22. The number of anilines is 1. The molecular formula is C11H16N4. The van der Waals surface area contributed by atoms with Crippen molar-refractivity contribution in [3.63, 3.8) is 0 Å². The normalized spacial score (nSPS) is 13.2. The van der Waals surface area contributed by atoms with Crippen molar-refractivity contribution in [2.24, 2.45) is 0 Å². The molecule has 1 atom stereocenters. The number of pyridine rings is 1. The monoisotopic (exact) mass is 204 g/mol. The molecule has 0 bridgehead atoms. The molecule has 0 amide bonds. The van der Waals surface area contributed by atoms with Gasteiger partial charge in [-0.25, -0.2) is 0 Å². The molecule has 2 aromatic heterocycles. The zero-order valence-corrected chi connectivity index (χ0v) is 9.14. The average Bonchev–Trinajstić information content (AvgIpc) is 2.60. The molecule has 2 aromatic rings. The fourth-order valence-electron chi connectivity index (χ4n) is 1.82. The molecule has 2 rings (SSSR count). The summed E-state index contributed by atoms with van der Waals surface area (Å²) in [5.41, 5.74) is 7.36. The van der Waals surface area contributed by atoms with Crippen molar-refractivity contribution >= 4 is 11.3 Å². The van der Waals surface area contributed by atoms with E-state index in [1.807, 2.05) is 22.7 Å². The largest absolute Gasteiger partial charge is 0.398 e. The second-order valence-corrected chi connectivity index (χ2v) is 3.94. The van der Waals surface area contributed by atoms with Crippen molar-refractivity contribution in [3.8, 4) is 0 Å². The molecule has 0 aliphatic rings. The summed E-state index contributed by atoms with van der Waals surface area (Å²) in [5, 5.41) is 8.33. The van der Waals surface area contributed by atoms with E-state index in [4.69, 9.17) is 5.73 Å². The van der Waals surface area contributed by atoms with Crippen molar-refractivity contribution in [1.29, 1.82) is 0 Å². The Balaban J connectivity index is 2.47. The fraction of sp³-hybridized carbons (Fsp3) is 0.455. The van der Waals surface area contributed by atoms with Gasteiger partial charge in [0.25, 0.3) is 0 Å². The molecule has 0 fully saturated rings. The van der Waals surface area contributed by atoms with Gasteiger partial charge in [-0.1, -0.05) is 20.3 Å². The van der Waals surface area contributed by atoms with Crippen molar-refractivity contribution in [2.45, 2.75) is 32.6 Å². The maximum absolute atomic E-state index is 5.75. The second kappa shape index (κ2) is 3.88. The first-order valence-electron chi connectivity index (χ1n) is 5.32. The first-order chi connectivity index (χ1) is 7.22. The third-order valence-corrected chi connectivity index (χ3v) is 2.61. The van der Waals surface area contributed by atoms with E-state index >= 15 is 0 Å². The van der Waals surface area contributed by atoms with Crippen LogP contribution in [0.4, 0.5) is 5.69 Å². The molecule has 0 saturated carbocycles. The minimum atomic E-state index is 0.423. The van der Waals surface area contributed by atoms with Gasteiger partial charge < -0.3 is 5.73 Å². The Bertz CT molecular complexity index is 461. The van der Waals surface area contributed by atoms with E-state index in [1.54, 1.807) is 0 Å². The first-order valence-corrected chi connectivity index (χ1v) is 5.32.